The van der Waals surface area contributed by atoms with Crippen LogP contribution in [0.3, 0.4) is 0 Å². The molecule has 2 heterocycles. The molecule has 0 aromatic heterocycles. The minimum atomic E-state index is 0. The Bertz CT molecular complexity index is 491. The number of rotatable bonds is 4. The van der Waals surface area contributed by atoms with E-state index in [1.807, 2.05) is 0 Å². The third-order valence-corrected chi connectivity index (χ3v) is 5.53. The van der Waals surface area contributed by atoms with Crippen molar-refractivity contribution in [2.24, 2.45) is 4.99 Å². The van der Waals surface area contributed by atoms with Crippen LogP contribution in [-0.2, 0) is 14.3 Å². The molecule has 3 fully saturated rings. The zero-order valence-corrected chi connectivity index (χ0v) is 18.3. The van der Waals surface area contributed by atoms with E-state index in [9.17, 15) is 4.79 Å². The number of hydrogen-bond donors (Lipinski definition) is 2. The van der Waals surface area contributed by atoms with Gasteiger partial charge in [-0.05, 0) is 44.9 Å². The van der Waals surface area contributed by atoms with Gasteiger partial charge < -0.3 is 25.0 Å². The number of nitrogens with zero attached hydrogens (tertiary/aromatic N) is 2. The maximum Gasteiger partial charge on any atom is 0.243 e. The molecular formula is C18H33IN4O3. The number of halogens is 1. The first-order valence-corrected chi connectivity index (χ1v) is 9.56. The summed E-state index contributed by atoms with van der Waals surface area (Å²) in [5, 5.41) is 7.08. The molecule has 0 radical (unpaired) electrons. The van der Waals surface area contributed by atoms with Crippen LogP contribution in [0.25, 0.3) is 0 Å². The van der Waals surface area contributed by atoms with Gasteiger partial charge in [0.15, 0.2) is 5.96 Å². The van der Waals surface area contributed by atoms with Crippen molar-refractivity contribution in [1.82, 2.24) is 15.5 Å². The third-order valence-electron chi connectivity index (χ3n) is 5.53. The second kappa shape index (κ2) is 10.1. The molecule has 3 aliphatic rings. The molecule has 2 saturated heterocycles. The maximum absolute atomic E-state index is 11.9. The van der Waals surface area contributed by atoms with Gasteiger partial charge in [-0.25, -0.2) is 4.99 Å². The Balaban J connectivity index is 0.00000243. The second-order valence-electron chi connectivity index (χ2n) is 7.70. The fourth-order valence-electron chi connectivity index (χ4n) is 3.72. The Labute approximate surface area is 173 Å². The molecule has 1 amide bonds. The van der Waals surface area contributed by atoms with Crippen molar-refractivity contribution >= 4 is 35.8 Å². The number of guanidine groups is 1. The highest BCUT2D eigenvalue weighted by atomic mass is 127. The average molecular weight is 480 g/mol. The Hall–Kier alpha value is -0.610. The van der Waals surface area contributed by atoms with Crippen molar-refractivity contribution < 1.29 is 14.3 Å². The van der Waals surface area contributed by atoms with Gasteiger partial charge in [-0.2, -0.15) is 0 Å². The van der Waals surface area contributed by atoms with Crippen LogP contribution in [0.15, 0.2) is 4.99 Å². The predicted octanol–water partition coefficient (Wildman–Crippen LogP) is 1.51. The van der Waals surface area contributed by atoms with Crippen molar-refractivity contribution in [2.45, 2.75) is 62.6 Å². The molecule has 1 saturated carbocycles. The number of nitrogens with one attached hydrogen (secondary N) is 2. The number of ether oxygens (including phenoxy) is 2. The van der Waals surface area contributed by atoms with Gasteiger partial charge in [-0.1, -0.05) is 0 Å². The first-order valence-electron chi connectivity index (χ1n) is 9.56. The number of amides is 1. The van der Waals surface area contributed by atoms with Gasteiger partial charge in [0, 0.05) is 46.0 Å². The van der Waals surface area contributed by atoms with E-state index in [1.54, 1.807) is 19.0 Å². The van der Waals surface area contributed by atoms with Gasteiger partial charge in [0.25, 0.3) is 0 Å². The first kappa shape index (κ1) is 21.7. The van der Waals surface area contributed by atoms with E-state index < -0.39 is 0 Å². The van der Waals surface area contributed by atoms with Gasteiger partial charge in [0.1, 0.15) is 6.54 Å². The molecule has 8 heteroatoms. The van der Waals surface area contributed by atoms with Crippen molar-refractivity contribution in [2.75, 3.05) is 40.5 Å². The zero-order valence-electron chi connectivity index (χ0n) is 16.0. The Kier molecular flexibility index (Phi) is 8.41. The molecule has 0 aromatic rings. The molecule has 150 valence electrons. The summed E-state index contributed by atoms with van der Waals surface area (Å²) in [5.74, 6) is 0.763. The normalized spacial score (nSPS) is 25.8. The van der Waals surface area contributed by atoms with Crippen LogP contribution in [0.5, 0.6) is 0 Å². The van der Waals surface area contributed by atoms with E-state index in [1.165, 1.54) is 19.3 Å². The van der Waals surface area contributed by atoms with Gasteiger partial charge >= 0.3 is 0 Å². The zero-order chi connectivity index (χ0) is 17.7. The van der Waals surface area contributed by atoms with Crippen LogP contribution in [0.2, 0.25) is 0 Å². The number of aliphatic imine (C=N–C) groups is 1. The van der Waals surface area contributed by atoms with Crippen LogP contribution in [0.1, 0.15) is 44.9 Å². The summed E-state index contributed by atoms with van der Waals surface area (Å²) in [6.07, 6.45) is 7.57. The summed E-state index contributed by atoms with van der Waals surface area (Å²) in [5.41, 5.74) is 0.0964. The van der Waals surface area contributed by atoms with E-state index in [4.69, 9.17) is 9.47 Å². The van der Waals surface area contributed by atoms with E-state index >= 15 is 0 Å². The summed E-state index contributed by atoms with van der Waals surface area (Å²) in [6, 6.07) is 0.710. The fraction of sp³-hybridized carbons (Fsp3) is 0.889. The van der Waals surface area contributed by atoms with E-state index in [0.29, 0.717) is 12.1 Å². The van der Waals surface area contributed by atoms with Crippen molar-refractivity contribution in [1.29, 1.82) is 0 Å². The second-order valence-corrected chi connectivity index (χ2v) is 7.70. The lowest BCUT2D eigenvalue weighted by Crippen LogP contribution is -2.55. The molecule has 1 atom stereocenters. The Morgan fingerprint density at radius 2 is 1.77 bits per heavy atom. The molecule has 2 N–H and O–H groups in total. The fourth-order valence-corrected chi connectivity index (χ4v) is 3.72. The number of carbonyl (C=O) groups is 1. The van der Waals surface area contributed by atoms with Crippen molar-refractivity contribution in [3.05, 3.63) is 0 Å². The lowest BCUT2D eigenvalue weighted by atomic mass is 9.74. The quantitative estimate of drug-likeness (QED) is 0.363. The van der Waals surface area contributed by atoms with E-state index in [2.05, 4.69) is 15.6 Å². The van der Waals surface area contributed by atoms with E-state index in [0.717, 1.165) is 51.5 Å². The summed E-state index contributed by atoms with van der Waals surface area (Å²) < 4.78 is 11.4. The van der Waals surface area contributed by atoms with E-state index in [-0.39, 0.29) is 42.0 Å². The SMILES string of the molecule is CN(C)C(=O)CN=C(NC1CCOCC1)NC1CCOC2(CCC2)C1.I. The number of hydrogen-bond acceptors (Lipinski definition) is 4. The van der Waals surface area contributed by atoms with Crippen LogP contribution < -0.4 is 10.6 Å². The molecule has 1 unspecified atom stereocenters. The highest BCUT2D eigenvalue weighted by Gasteiger charge is 2.42. The lowest BCUT2D eigenvalue weighted by Gasteiger charge is -2.47. The minimum absolute atomic E-state index is 0. The Morgan fingerprint density at radius 3 is 2.38 bits per heavy atom. The summed E-state index contributed by atoms with van der Waals surface area (Å²) in [4.78, 5) is 18.0. The van der Waals surface area contributed by atoms with Crippen LogP contribution in [0, 0.1) is 0 Å². The molecule has 1 spiro atoms. The summed E-state index contributed by atoms with van der Waals surface area (Å²) in [7, 11) is 3.52. The van der Waals surface area contributed by atoms with Crippen molar-refractivity contribution in [3.63, 3.8) is 0 Å². The highest BCUT2D eigenvalue weighted by Crippen LogP contribution is 2.42. The molecule has 1 aliphatic carbocycles. The van der Waals surface area contributed by atoms with Gasteiger partial charge in [0.05, 0.1) is 5.60 Å². The number of carbonyl (C=O) groups excluding carboxylic acids is 1. The van der Waals surface area contributed by atoms with Crippen molar-refractivity contribution in [3.8, 4) is 0 Å². The molecule has 0 bridgehead atoms. The molecule has 26 heavy (non-hydrogen) atoms. The predicted molar refractivity (Wildman–Crippen MR) is 112 cm³/mol. The summed E-state index contributed by atoms with van der Waals surface area (Å²) >= 11 is 0. The standard InChI is InChI=1S/C18H32N4O3.HI/c1-22(2)16(23)13-19-17(20-14-4-9-24-10-5-14)21-15-6-11-25-18(12-15)7-3-8-18;/h14-15H,3-13H2,1-2H3,(H2,19,20,21);1H. The monoisotopic (exact) mass is 480 g/mol. The molecule has 0 aromatic carbocycles. The molecular weight excluding hydrogens is 447 g/mol. The van der Waals surface area contributed by atoms with Crippen LogP contribution in [-0.4, -0.2) is 74.9 Å². The highest BCUT2D eigenvalue weighted by molar-refractivity contribution is 14.0. The third kappa shape index (κ3) is 5.95. The first-order chi connectivity index (χ1) is 12.1. The minimum Gasteiger partial charge on any atom is -0.381 e. The van der Waals surface area contributed by atoms with Gasteiger partial charge in [-0.15, -0.1) is 24.0 Å². The van der Waals surface area contributed by atoms with Gasteiger partial charge in [-0.3, -0.25) is 4.79 Å². The number of likely N-dealkylation sites (N-methyl/N-ethyl adjacent to an activating group) is 1. The van der Waals surface area contributed by atoms with Crippen LogP contribution >= 0.6 is 24.0 Å². The van der Waals surface area contributed by atoms with Crippen LogP contribution in [0.4, 0.5) is 0 Å². The Morgan fingerprint density at radius 1 is 1.12 bits per heavy atom. The summed E-state index contributed by atoms with van der Waals surface area (Å²) in [6.45, 7) is 2.53. The molecule has 7 nitrogen and oxygen atoms in total. The lowest BCUT2D eigenvalue weighted by molar-refractivity contribution is -0.134. The molecule has 2 aliphatic heterocycles. The maximum atomic E-state index is 11.9. The average Bonchev–Trinajstić information content (AvgIpc) is 2.59. The molecule has 3 rings (SSSR count). The topological polar surface area (TPSA) is 75.2 Å². The smallest absolute Gasteiger partial charge is 0.243 e. The largest absolute Gasteiger partial charge is 0.381 e. The van der Waals surface area contributed by atoms with Gasteiger partial charge in [0.2, 0.25) is 5.91 Å².